The minimum Gasteiger partial charge on any atom is -0.508 e. The van der Waals surface area contributed by atoms with Crippen LogP contribution in [0.2, 0.25) is 0 Å². The summed E-state index contributed by atoms with van der Waals surface area (Å²) in [5.74, 6) is -3.56. The minimum absolute atomic E-state index is 0.000185. The highest BCUT2D eigenvalue weighted by atomic mass is 16.4. The molecule has 0 aliphatic heterocycles. The van der Waals surface area contributed by atoms with Crippen LogP contribution in [0, 0.1) is 0 Å². The molecule has 50 heavy (non-hydrogen) atoms. The Balaban J connectivity index is 1.52. The van der Waals surface area contributed by atoms with E-state index in [1.54, 1.807) is 18.3 Å². The number of benzene rings is 3. The van der Waals surface area contributed by atoms with E-state index in [0.29, 0.717) is 11.1 Å². The molecule has 4 aromatic rings. The lowest BCUT2D eigenvalue weighted by Crippen LogP contribution is -2.58. The molecule has 0 radical (unpaired) electrons. The maximum Gasteiger partial charge on any atom is 0.326 e. The summed E-state index contributed by atoms with van der Waals surface area (Å²) in [5, 5.41) is 38.0. The van der Waals surface area contributed by atoms with Crippen LogP contribution >= 0.6 is 0 Å². The zero-order valence-electron chi connectivity index (χ0n) is 27.2. The van der Waals surface area contributed by atoms with Gasteiger partial charge in [-0.2, -0.15) is 0 Å². The number of guanidine groups is 1. The SMILES string of the molecule is NC(N)=NCCCC(NC(=O)C(N)Cc1c[nH]c2ccccc12)C(=O)NC(Cc1ccc(O)cc1)C(=O)NC(Cc1ccc(O)cc1)C(=O)O. The van der Waals surface area contributed by atoms with Gasteiger partial charge >= 0.3 is 5.97 Å². The van der Waals surface area contributed by atoms with Crippen LogP contribution in [0.25, 0.3) is 10.9 Å². The maximum absolute atomic E-state index is 13.8. The van der Waals surface area contributed by atoms with Crippen molar-refractivity contribution in [2.24, 2.45) is 22.2 Å². The number of carboxylic acid groups (broad SMARTS) is 1. The third-order valence-electron chi connectivity index (χ3n) is 8.03. The van der Waals surface area contributed by atoms with E-state index in [1.807, 2.05) is 24.3 Å². The molecule has 0 saturated heterocycles. The number of H-pyrrole nitrogens is 1. The molecule has 15 heteroatoms. The number of nitrogens with one attached hydrogen (secondary N) is 4. The first-order valence-electron chi connectivity index (χ1n) is 15.9. The van der Waals surface area contributed by atoms with Crippen molar-refractivity contribution in [3.63, 3.8) is 0 Å². The summed E-state index contributed by atoms with van der Waals surface area (Å²) in [6.45, 7) is 0.165. The van der Waals surface area contributed by atoms with E-state index in [1.165, 1.54) is 36.4 Å². The van der Waals surface area contributed by atoms with E-state index in [0.717, 1.165) is 16.5 Å². The van der Waals surface area contributed by atoms with Gasteiger partial charge in [-0.15, -0.1) is 0 Å². The molecule has 1 heterocycles. The zero-order chi connectivity index (χ0) is 36.2. The number of carboxylic acids is 1. The number of fused-ring (bicyclic) bond motifs is 1. The lowest BCUT2D eigenvalue weighted by atomic mass is 10.0. The summed E-state index contributed by atoms with van der Waals surface area (Å²) in [6, 6.07) is 14.5. The number of nitrogens with two attached hydrogens (primary N) is 3. The van der Waals surface area contributed by atoms with Crippen LogP contribution in [0.15, 0.2) is 84.0 Å². The first-order valence-corrected chi connectivity index (χ1v) is 15.9. The van der Waals surface area contributed by atoms with Crippen LogP contribution in [0.5, 0.6) is 11.5 Å². The zero-order valence-corrected chi connectivity index (χ0v) is 27.2. The van der Waals surface area contributed by atoms with Gasteiger partial charge in [0.1, 0.15) is 29.6 Å². The monoisotopic (exact) mass is 686 g/mol. The molecule has 3 aromatic carbocycles. The average Bonchev–Trinajstić information content (AvgIpc) is 3.49. The topological polar surface area (TPSA) is 271 Å². The minimum atomic E-state index is -1.37. The molecule has 13 N–H and O–H groups in total. The lowest BCUT2D eigenvalue weighted by Gasteiger charge is -2.25. The van der Waals surface area contributed by atoms with Gasteiger partial charge < -0.3 is 53.5 Å². The van der Waals surface area contributed by atoms with Gasteiger partial charge in [0, 0.05) is 36.5 Å². The Morgan fingerprint density at radius 2 is 1.26 bits per heavy atom. The van der Waals surface area contributed by atoms with Gasteiger partial charge in [-0.3, -0.25) is 19.4 Å². The van der Waals surface area contributed by atoms with Crippen LogP contribution in [-0.4, -0.2) is 80.7 Å². The number of phenolic OH excluding ortho intramolecular Hbond substituents is 2. The molecule has 15 nitrogen and oxygen atoms in total. The third-order valence-corrected chi connectivity index (χ3v) is 8.03. The van der Waals surface area contributed by atoms with Crippen molar-refractivity contribution in [1.29, 1.82) is 0 Å². The Kier molecular flexibility index (Phi) is 12.7. The fraction of sp³-hybridized carbons (Fsp3) is 0.286. The number of carbonyl (C=O) groups excluding carboxylic acids is 3. The molecule has 0 fully saturated rings. The molecule has 0 bridgehead atoms. The Morgan fingerprint density at radius 3 is 1.86 bits per heavy atom. The van der Waals surface area contributed by atoms with E-state index in [9.17, 15) is 34.5 Å². The standard InChI is InChI=1S/C35H42N8O7/c36-26(18-22-19-40-27-5-2-1-4-25(22)27)31(46)41-28(6-3-15-39-35(37)38)32(47)42-29(16-20-7-11-23(44)12-8-20)33(48)43-30(34(49)50)17-21-9-13-24(45)14-10-21/h1-2,4-5,7-14,19,26,28-30,40,44-45H,3,6,15-18,36H2,(H,41,46)(H,42,47)(H,43,48)(H,49,50)(H4,37,38,39). The Bertz CT molecular complexity index is 1800. The van der Waals surface area contributed by atoms with Crippen molar-refractivity contribution >= 4 is 40.6 Å². The largest absolute Gasteiger partial charge is 0.508 e. The molecule has 3 amide bonds. The first-order chi connectivity index (χ1) is 23.9. The molecule has 0 aliphatic rings. The number of carbonyl (C=O) groups is 4. The van der Waals surface area contributed by atoms with Crippen LogP contribution < -0.4 is 33.2 Å². The fourth-order valence-corrected chi connectivity index (χ4v) is 5.37. The average molecular weight is 687 g/mol. The smallest absolute Gasteiger partial charge is 0.326 e. The molecule has 4 rings (SSSR count). The van der Waals surface area contributed by atoms with Crippen molar-refractivity contribution in [1.82, 2.24) is 20.9 Å². The number of nitrogens with zero attached hydrogens (tertiary/aromatic N) is 1. The molecule has 0 spiro atoms. The number of rotatable bonds is 17. The normalized spacial score (nSPS) is 13.4. The van der Waals surface area contributed by atoms with E-state index < -0.39 is 47.9 Å². The van der Waals surface area contributed by atoms with Crippen molar-refractivity contribution in [2.75, 3.05) is 6.54 Å². The summed E-state index contributed by atoms with van der Waals surface area (Å²) in [5.41, 5.74) is 20.0. The second-order valence-corrected chi connectivity index (χ2v) is 11.9. The van der Waals surface area contributed by atoms with E-state index in [2.05, 4.69) is 25.9 Å². The van der Waals surface area contributed by atoms with Crippen molar-refractivity contribution in [3.05, 3.63) is 95.7 Å². The number of aromatic amines is 1. The maximum atomic E-state index is 13.8. The number of aromatic hydroxyl groups is 2. The van der Waals surface area contributed by atoms with Crippen LogP contribution in [0.4, 0.5) is 0 Å². The van der Waals surface area contributed by atoms with Crippen LogP contribution in [0.1, 0.15) is 29.5 Å². The number of para-hydroxylation sites is 1. The van der Waals surface area contributed by atoms with Crippen LogP contribution in [0.3, 0.4) is 0 Å². The first kappa shape index (κ1) is 36.7. The highest BCUT2D eigenvalue weighted by molar-refractivity contribution is 5.94. The van der Waals surface area contributed by atoms with Gasteiger partial charge in [0.25, 0.3) is 0 Å². The highest BCUT2D eigenvalue weighted by Gasteiger charge is 2.31. The number of phenols is 2. The van der Waals surface area contributed by atoms with Crippen LogP contribution in [-0.2, 0) is 38.4 Å². The van der Waals surface area contributed by atoms with Crippen molar-refractivity contribution in [2.45, 2.75) is 56.3 Å². The highest BCUT2D eigenvalue weighted by Crippen LogP contribution is 2.19. The van der Waals surface area contributed by atoms with Gasteiger partial charge in [0.05, 0.1) is 6.04 Å². The quantitative estimate of drug-likeness (QED) is 0.0418. The van der Waals surface area contributed by atoms with Gasteiger partial charge in [-0.1, -0.05) is 42.5 Å². The summed E-state index contributed by atoms with van der Waals surface area (Å²) >= 11 is 0. The Hall–Kier alpha value is -6.09. The van der Waals surface area contributed by atoms with E-state index in [-0.39, 0.29) is 56.1 Å². The lowest BCUT2D eigenvalue weighted by molar-refractivity contribution is -0.142. The number of aromatic nitrogens is 1. The predicted octanol–water partition coefficient (Wildman–Crippen LogP) is 0.527. The molecule has 4 atom stereocenters. The summed E-state index contributed by atoms with van der Waals surface area (Å²) < 4.78 is 0. The van der Waals surface area contributed by atoms with Gasteiger partial charge in [0.2, 0.25) is 17.7 Å². The molecular formula is C35H42N8O7. The molecule has 0 aliphatic carbocycles. The molecule has 0 saturated carbocycles. The number of aliphatic imine (C=N–C) groups is 1. The summed E-state index contributed by atoms with van der Waals surface area (Å²) in [7, 11) is 0. The van der Waals surface area contributed by atoms with E-state index in [4.69, 9.17) is 17.2 Å². The Labute approximate surface area is 288 Å². The van der Waals surface area contributed by atoms with Crippen molar-refractivity contribution in [3.8, 4) is 11.5 Å². The van der Waals surface area contributed by atoms with Gasteiger partial charge in [0.15, 0.2) is 5.96 Å². The fourth-order valence-electron chi connectivity index (χ4n) is 5.37. The van der Waals surface area contributed by atoms with Crippen molar-refractivity contribution < 1.29 is 34.5 Å². The summed E-state index contributed by atoms with van der Waals surface area (Å²) in [6.07, 6.45) is 2.16. The Morgan fingerprint density at radius 1 is 0.720 bits per heavy atom. The third kappa shape index (κ3) is 10.7. The second kappa shape index (κ2) is 17.3. The molecule has 1 aromatic heterocycles. The molecular weight excluding hydrogens is 644 g/mol. The number of amides is 3. The number of hydrogen-bond acceptors (Lipinski definition) is 8. The number of aliphatic carboxylic acids is 1. The molecule has 264 valence electrons. The predicted molar refractivity (Wildman–Crippen MR) is 187 cm³/mol. The van der Waals surface area contributed by atoms with E-state index >= 15 is 0 Å². The number of hydrogen-bond donors (Lipinski definition) is 10. The van der Waals surface area contributed by atoms with Gasteiger partial charge in [-0.05, 0) is 66.3 Å². The molecule has 4 unspecified atom stereocenters. The summed E-state index contributed by atoms with van der Waals surface area (Å²) in [4.78, 5) is 60.0. The van der Waals surface area contributed by atoms with Gasteiger partial charge in [-0.25, -0.2) is 4.79 Å². The second-order valence-electron chi connectivity index (χ2n) is 11.9.